The number of ether oxygens (including phenoxy) is 1. The Morgan fingerprint density at radius 1 is 1.25 bits per heavy atom. The van der Waals surface area contributed by atoms with Crippen LogP contribution >= 0.6 is 11.3 Å². The molecule has 0 fully saturated rings. The zero-order chi connectivity index (χ0) is 16.7. The average Bonchev–Trinajstić information content (AvgIpc) is 2.95. The summed E-state index contributed by atoms with van der Waals surface area (Å²) in [6.45, 7) is 2.44. The molecular formula is C18H17N3O2S. The van der Waals surface area contributed by atoms with E-state index in [2.05, 4.69) is 15.6 Å². The third-order valence-corrected chi connectivity index (χ3v) is 5.16. The van der Waals surface area contributed by atoms with E-state index in [0.29, 0.717) is 11.5 Å². The number of hydrogen-bond acceptors (Lipinski definition) is 5. The summed E-state index contributed by atoms with van der Waals surface area (Å²) >= 11 is 1.42. The molecule has 24 heavy (non-hydrogen) atoms. The number of pyridine rings is 1. The third-order valence-electron chi connectivity index (χ3n) is 4.07. The first-order valence-corrected chi connectivity index (χ1v) is 8.53. The van der Waals surface area contributed by atoms with Gasteiger partial charge in [-0.1, -0.05) is 30.3 Å². The number of methoxy groups -OCH3 is 1. The van der Waals surface area contributed by atoms with Crippen LogP contribution in [-0.2, 0) is 11.3 Å². The second-order valence-electron chi connectivity index (χ2n) is 5.80. The van der Waals surface area contributed by atoms with Gasteiger partial charge in [0.15, 0.2) is 0 Å². The lowest BCUT2D eigenvalue weighted by Gasteiger charge is -2.26. The Morgan fingerprint density at radius 2 is 2.04 bits per heavy atom. The van der Waals surface area contributed by atoms with E-state index >= 15 is 0 Å². The van der Waals surface area contributed by atoms with Crippen molar-refractivity contribution in [3.05, 3.63) is 58.1 Å². The fourth-order valence-electron chi connectivity index (χ4n) is 3.07. The Balaban J connectivity index is 1.87. The lowest BCUT2D eigenvalue weighted by Crippen LogP contribution is -2.37. The number of aryl methyl sites for hydroxylation is 1. The van der Waals surface area contributed by atoms with Crippen LogP contribution in [0.2, 0.25) is 0 Å². The minimum Gasteiger partial charge on any atom is -0.380 e. The van der Waals surface area contributed by atoms with Crippen molar-refractivity contribution < 1.29 is 9.53 Å². The molecule has 5 nitrogen and oxygen atoms in total. The molecule has 1 amide bonds. The van der Waals surface area contributed by atoms with Gasteiger partial charge in [-0.25, -0.2) is 4.98 Å². The predicted molar refractivity (Wildman–Crippen MR) is 95.3 cm³/mol. The van der Waals surface area contributed by atoms with Crippen LogP contribution in [0.15, 0.2) is 36.4 Å². The Hall–Kier alpha value is -2.44. The molecule has 6 heteroatoms. The van der Waals surface area contributed by atoms with Crippen LogP contribution in [-0.4, -0.2) is 18.0 Å². The molecule has 4 rings (SSSR count). The molecule has 0 saturated carbocycles. The molecule has 0 unspecified atom stereocenters. The van der Waals surface area contributed by atoms with Crippen LogP contribution in [0.3, 0.4) is 0 Å². The third kappa shape index (κ3) is 2.44. The summed E-state index contributed by atoms with van der Waals surface area (Å²) in [7, 11) is 1.67. The Bertz CT molecular complexity index is 921. The molecule has 3 aromatic rings. The molecule has 3 heterocycles. The van der Waals surface area contributed by atoms with Crippen LogP contribution in [0.5, 0.6) is 0 Å². The maximum Gasteiger partial charge on any atom is 0.265 e. The van der Waals surface area contributed by atoms with E-state index in [9.17, 15) is 4.79 Å². The van der Waals surface area contributed by atoms with Gasteiger partial charge in [0.1, 0.15) is 15.9 Å². The molecule has 2 N–H and O–H groups in total. The van der Waals surface area contributed by atoms with Gasteiger partial charge in [0.2, 0.25) is 0 Å². The van der Waals surface area contributed by atoms with Gasteiger partial charge in [-0.05, 0) is 24.1 Å². The average molecular weight is 339 g/mol. The van der Waals surface area contributed by atoms with Crippen molar-refractivity contribution >= 4 is 33.1 Å². The molecule has 0 bridgehead atoms. The predicted octanol–water partition coefficient (Wildman–Crippen LogP) is 3.61. The number of thiophene rings is 1. The maximum absolute atomic E-state index is 12.6. The highest BCUT2D eigenvalue weighted by Gasteiger charge is 2.30. The summed E-state index contributed by atoms with van der Waals surface area (Å²) in [5.41, 5.74) is 3.84. The zero-order valence-electron chi connectivity index (χ0n) is 13.4. The van der Waals surface area contributed by atoms with Crippen molar-refractivity contribution in [2.75, 3.05) is 12.4 Å². The van der Waals surface area contributed by atoms with E-state index in [0.717, 1.165) is 32.7 Å². The number of benzene rings is 1. The van der Waals surface area contributed by atoms with Crippen molar-refractivity contribution in [3.8, 4) is 0 Å². The number of hydrogen-bond donors (Lipinski definition) is 2. The minimum absolute atomic E-state index is 0.0679. The summed E-state index contributed by atoms with van der Waals surface area (Å²) in [5, 5.41) is 7.47. The second kappa shape index (κ2) is 5.89. The van der Waals surface area contributed by atoms with Crippen molar-refractivity contribution in [2.45, 2.75) is 19.7 Å². The molecule has 1 aliphatic heterocycles. The molecule has 122 valence electrons. The van der Waals surface area contributed by atoms with E-state index in [4.69, 9.17) is 4.74 Å². The van der Waals surface area contributed by atoms with Gasteiger partial charge in [-0.15, -0.1) is 11.3 Å². The molecule has 1 atom stereocenters. The van der Waals surface area contributed by atoms with Gasteiger partial charge in [-0.2, -0.15) is 0 Å². The first-order chi connectivity index (χ1) is 11.7. The van der Waals surface area contributed by atoms with Gasteiger partial charge >= 0.3 is 0 Å². The monoisotopic (exact) mass is 339 g/mol. The van der Waals surface area contributed by atoms with Gasteiger partial charge in [0.25, 0.3) is 5.91 Å². The number of fused-ring (bicyclic) bond motifs is 3. The number of amides is 1. The SMILES string of the molecule is COCc1cc(C)nc2sc3c(c12)N[C@H](c1ccccc1)NC3=O. The number of carbonyl (C=O) groups excluding carboxylic acids is 1. The largest absolute Gasteiger partial charge is 0.380 e. The lowest BCUT2D eigenvalue weighted by atomic mass is 10.1. The van der Waals surface area contributed by atoms with Crippen LogP contribution in [0.25, 0.3) is 10.2 Å². The highest BCUT2D eigenvalue weighted by Crippen LogP contribution is 2.41. The zero-order valence-corrected chi connectivity index (χ0v) is 14.2. The Morgan fingerprint density at radius 3 is 2.79 bits per heavy atom. The van der Waals surface area contributed by atoms with Crippen molar-refractivity contribution in [1.29, 1.82) is 0 Å². The lowest BCUT2D eigenvalue weighted by molar-refractivity contribution is 0.0940. The fraction of sp³-hybridized carbons (Fsp3) is 0.222. The van der Waals surface area contributed by atoms with E-state index in [-0.39, 0.29) is 12.1 Å². The van der Waals surface area contributed by atoms with E-state index < -0.39 is 0 Å². The quantitative estimate of drug-likeness (QED) is 0.765. The first-order valence-electron chi connectivity index (χ1n) is 7.71. The molecule has 1 aliphatic rings. The van der Waals surface area contributed by atoms with Crippen LogP contribution < -0.4 is 10.6 Å². The van der Waals surface area contributed by atoms with Gasteiger partial charge in [0, 0.05) is 18.2 Å². The molecule has 0 spiro atoms. The fourth-order valence-corrected chi connectivity index (χ4v) is 4.20. The van der Waals surface area contributed by atoms with Crippen LogP contribution in [0.1, 0.15) is 32.7 Å². The molecule has 0 aliphatic carbocycles. The number of nitrogens with one attached hydrogen (secondary N) is 2. The Kier molecular flexibility index (Phi) is 3.70. The maximum atomic E-state index is 12.6. The topological polar surface area (TPSA) is 63.2 Å². The van der Waals surface area contributed by atoms with E-state index in [1.165, 1.54) is 11.3 Å². The van der Waals surface area contributed by atoms with Crippen molar-refractivity contribution in [3.63, 3.8) is 0 Å². The van der Waals surface area contributed by atoms with Crippen LogP contribution in [0.4, 0.5) is 5.69 Å². The number of nitrogens with zero attached hydrogens (tertiary/aromatic N) is 1. The number of anilines is 1. The Labute approximate surface area is 143 Å². The standard InChI is InChI=1S/C18H17N3O2S/c1-10-8-12(9-23-2)13-14-15(24-18(13)19-10)17(22)21-16(20-14)11-6-4-3-5-7-11/h3-8,16,20H,9H2,1-2H3,(H,21,22)/t16-/m0/s1. The van der Waals surface area contributed by atoms with E-state index in [1.54, 1.807) is 7.11 Å². The highest BCUT2D eigenvalue weighted by atomic mass is 32.1. The van der Waals surface area contributed by atoms with Crippen LogP contribution in [0, 0.1) is 6.92 Å². The van der Waals surface area contributed by atoms with Gasteiger partial charge < -0.3 is 15.4 Å². The first kappa shape index (κ1) is 15.1. The number of carbonyl (C=O) groups is 1. The summed E-state index contributed by atoms with van der Waals surface area (Å²) in [6, 6.07) is 11.9. The van der Waals surface area contributed by atoms with E-state index in [1.807, 2.05) is 43.3 Å². The summed E-state index contributed by atoms with van der Waals surface area (Å²) < 4.78 is 5.34. The molecular weight excluding hydrogens is 322 g/mol. The molecule has 2 aromatic heterocycles. The normalized spacial score (nSPS) is 16.6. The number of aromatic nitrogens is 1. The summed E-state index contributed by atoms with van der Waals surface area (Å²) in [5.74, 6) is -0.0679. The molecule has 0 saturated heterocycles. The smallest absolute Gasteiger partial charge is 0.265 e. The summed E-state index contributed by atoms with van der Waals surface area (Å²) in [6.07, 6.45) is -0.249. The minimum atomic E-state index is -0.249. The molecule has 1 aromatic carbocycles. The summed E-state index contributed by atoms with van der Waals surface area (Å²) in [4.78, 5) is 18.7. The van der Waals surface area contributed by atoms with Crippen molar-refractivity contribution in [2.24, 2.45) is 0 Å². The van der Waals surface area contributed by atoms with Crippen molar-refractivity contribution in [1.82, 2.24) is 10.3 Å². The van der Waals surface area contributed by atoms with Gasteiger partial charge in [-0.3, -0.25) is 4.79 Å². The van der Waals surface area contributed by atoms with Gasteiger partial charge in [0.05, 0.1) is 12.3 Å². The highest BCUT2D eigenvalue weighted by molar-refractivity contribution is 7.21. The molecule has 0 radical (unpaired) electrons. The second-order valence-corrected chi connectivity index (χ2v) is 6.80. The number of rotatable bonds is 3.